The van der Waals surface area contributed by atoms with Gasteiger partial charge in [0.05, 0.1) is 13.3 Å². The second-order valence-corrected chi connectivity index (χ2v) is 11.5. The van der Waals surface area contributed by atoms with Crippen molar-refractivity contribution < 1.29 is 19.0 Å². The van der Waals surface area contributed by atoms with E-state index in [0.29, 0.717) is 28.9 Å². The molecule has 1 N–H and O–H groups in total. The summed E-state index contributed by atoms with van der Waals surface area (Å²) in [6.45, 7) is 11.5. The summed E-state index contributed by atoms with van der Waals surface area (Å²) in [6, 6.07) is 20.8. The molecule has 1 amide bonds. The van der Waals surface area contributed by atoms with E-state index in [-0.39, 0.29) is 23.3 Å². The Kier molecular flexibility index (Phi) is 9.81. The summed E-state index contributed by atoms with van der Waals surface area (Å²) >= 11 is 5.93. The monoisotopic (exact) mass is 536 g/mol. The van der Waals surface area contributed by atoms with Crippen LogP contribution in [-0.2, 0) is 16.8 Å². The number of rotatable bonds is 11. The topological polar surface area (TPSA) is 69.2 Å². The first-order chi connectivity index (χ1) is 17.9. The predicted octanol–water partition coefficient (Wildman–Crippen LogP) is 7.17. The van der Waals surface area contributed by atoms with Gasteiger partial charge < -0.3 is 14.2 Å². The molecule has 0 unspecified atom stereocenters. The van der Waals surface area contributed by atoms with Crippen molar-refractivity contribution in [2.75, 3.05) is 13.7 Å². The molecule has 3 aromatic rings. The normalized spacial score (nSPS) is 11.9. The minimum absolute atomic E-state index is 0.0482. The van der Waals surface area contributed by atoms with Crippen molar-refractivity contribution in [2.45, 2.75) is 53.1 Å². The molecule has 38 heavy (non-hydrogen) atoms. The molecule has 3 aromatic carbocycles. The zero-order chi connectivity index (χ0) is 27.8. The van der Waals surface area contributed by atoms with E-state index in [0.717, 1.165) is 17.5 Å². The van der Waals surface area contributed by atoms with Crippen molar-refractivity contribution in [3.8, 4) is 17.2 Å². The Labute approximate surface area is 231 Å². The molecule has 0 saturated carbocycles. The number of nitrogens with one attached hydrogen (secondary N) is 1. The highest BCUT2D eigenvalue weighted by Crippen LogP contribution is 2.36. The maximum Gasteiger partial charge on any atom is 0.277 e. The molecular formula is C31H37ClN2O4. The number of benzene rings is 3. The second kappa shape index (κ2) is 12.8. The van der Waals surface area contributed by atoms with E-state index in [1.807, 2.05) is 42.5 Å². The number of hydrogen-bond acceptors (Lipinski definition) is 5. The molecule has 0 saturated heterocycles. The van der Waals surface area contributed by atoms with E-state index in [2.05, 4.69) is 57.3 Å². The lowest BCUT2D eigenvalue weighted by Gasteiger charge is -2.33. The molecule has 0 radical (unpaired) electrons. The number of methoxy groups -OCH3 is 1. The average Bonchev–Trinajstić information content (AvgIpc) is 2.86. The van der Waals surface area contributed by atoms with Crippen LogP contribution in [0.1, 0.15) is 57.7 Å². The molecular weight excluding hydrogens is 500 g/mol. The highest BCUT2D eigenvalue weighted by Gasteiger charge is 2.27. The van der Waals surface area contributed by atoms with Crippen LogP contribution >= 0.6 is 11.6 Å². The first kappa shape index (κ1) is 29.1. The maximum atomic E-state index is 12.2. The van der Waals surface area contributed by atoms with Gasteiger partial charge in [0.25, 0.3) is 5.91 Å². The summed E-state index contributed by atoms with van der Waals surface area (Å²) in [5.74, 6) is 1.45. The van der Waals surface area contributed by atoms with Crippen molar-refractivity contribution in [3.05, 3.63) is 88.4 Å². The predicted molar refractivity (Wildman–Crippen MR) is 154 cm³/mol. The van der Waals surface area contributed by atoms with Crippen molar-refractivity contribution in [1.29, 1.82) is 0 Å². The Hall–Kier alpha value is -3.51. The van der Waals surface area contributed by atoms with E-state index < -0.39 is 0 Å². The van der Waals surface area contributed by atoms with Crippen LogP contribution in [0.2, 0.25) is 5.02 Å². The molecule has 0 aliphatic heterocycles. The lowest BCUT2D eigenvalue weighted by Crippen LogP contribution is -2.25. The lowest BCUT2D eigenvalue weighted by atomic mass is 9.72. The number of nitrogens with zero attached hydrogens (tertiary/aromatic N) is 1. The standard InChI is InChI=1S/C31H37ClN2O4/c1-30(2,3)21-31(4,5)24-10-14-26(15-11-24)37-20-29(35)34-33-18-23-9-16-27(28(17-23)36-6)38-19-22-7-12-25(32)13-8-22/h7-18H,19-21H2,1-6H3,(H,34,35)/b33-18+. The molecule has 0 atom stereocenters. The molecule has 0 spiro atoms. The fourth-order valence-electron chi connectivity index (χ4n) is 4.42. The molecule has 0 aliphatic rings. The minimum atomic E-state index is -0.353. The van der Waals surface area contributed by atoms with Crippen LogP contribution in [0.3, 0.4) is 0 Å². The smallest absolute Gasteiger partial charge is 0.277 e. The first-order valence-corrected chi connectivity index (χ1v) is 12.9. The zero-order valence-corrected chi connectivity index (χ0v) is 23.8. The number of carbonyl (C=O) groups excluding carboxylic acids is 1. The molecule has 7 heteroatoms. The first-order valence-electron chi connectivity index (χ1n) is 12.6. The van der Waals surface area contributed by atoms with Gasteiger partial charge in [0.15, 0.2) is 18.1 Å². The second-order valence-electron chi connectivity index (χ2n) is 11.1. The minimum Gasteiger partial charge on any atom is -0.493 e. The van der Waals surface area contributed by atoms with E-state index in [9.17, 15) is 4.79 Å². The average molecular weight is 537 g/mol. The Balaban J connectivity index is 1.48. The largest absolute Gasteiger partial charge is 0.493 e. The van der Waals surface area contributed by atoms with Crippen LogP contribution in [0, 0.1) is 5.41 Å². The highest BCUT2D eigenvalue weighted by molar-refractivity contribution is 6.30. The van der Waals surface area contributed by atoms with Gasteiger partial charge in [-0.25, -0.2) is 5.43 Å². The molecule has 0 bridgehead atoms. The van der Waals surface area contributed by atoms with Gasteiger partial charge in [0.2, 0.25) is 0 Å². The summed E-state index contributed by atoms with van der Waals surface area (Å²) in [4.78, 5) is 12.2. The molecule has 3 rings (SSSR count). The third-order valence-electron chi connectivity index (χ3n) is 5.88. The van der Waals surface area contributed by atoms with E-state index in [1.54, 1.807) is 19.2 Å². The fraction of sp³-hybridized carbons (Fsp3) is 0.355. The van der Waals surface area contributed by atoms with E-state index in [1.165, 1.54) is 11.8 Å². The van der Waals surface area contributed by atoms with Gasteiger partial charge in [-0.3, -0.25) is 4.79 Å². The van der Waals surface area contributed by atoms with Crippen LogP contribution in [-0.4, -0.2) is 25.8 Å². The molecule has 0 aromatic heterocycles. The molecule has 202 valence electrons. The summed E-state index contributed by atoms with van der Waals surface area (Å²) in [6.07, 6.45) is 2.60. The van der Waals surface area contributed by atoms with Crippen molar-refractivity contribution in [1.82, 2.24) is 5.43 Å². The van der Waals surface area contributed by atoms with Crippen LogP contribution in [0.25, 0.3) is 0 Å². The molecule has 6 nitrogen and oxygen atoms in total. The van der Waals surface area contributed by atoms with Gasteiger partial charge in [-0.1, -0.05) is 70.5 Å². The number of carbonyl (C=O) groups is 1. The Morgan fingerprint density at radius 3 is 2.24 bits per heavy atom. The number of halogens is 1. The van der Waals surface area contributed by atoms with Gasteiger partial charge in [0, 0.05) is 5.02 Å². The van der Waals surface area contributed by atoms with Crippen molar-refractivity contribution >= 4 is 23.7 Å². The zero-order valence-electron chi connectivity index (χ0n) is 23.0. The summed E-state index contributed by atoms with van der Waals surface area (Å²) in [5.41, 5.74) is 5.75. The number of hydrogen-bond donors (Lipinski definition) is 1. The molecule has 0 aliphatic carbocycles. The number of hydrazone groups is 1. The quantitative estimate of drug-likeness (QED) is 0.208. The Morgan fingerprint density at radius 1 is 0.921 bits per heavy atom. The van der Waals surface area contributed by atoms with Crippen molar-refractivity contribution in [2.24, 2.45) is 10.5 Å². The van der Waals surface area contributed by atoms with Crippen LogP contribution in [0.5, 0.6) is 17.2 Å². The fourth-order valence-corrected chi connectivity index (χ4v) is 4.54. The molecule has 0 fully saturated rings. The molecule has 0 heterocycles. The van der Waals surface area contributed by atoms with Crippen LogP contribution in [0.15, 0.2) is 71.8 Å². The summed E-state index contributed by atoms with van der Waals surface area (Å²) < 4.78 is 17.0. The number of ether oxygens (including phenoxy) is 3. The Morgan fingerprint density at radius 2 is 1.61 bits per heavy atom. The lowest BCUT2D eigenvalue weighted by molar-refractivity contribution is -0.123. The van der Waals surface area contributed by atoms with Gasteiger partial charge in [0.1, 0.15) is 12.4 Å². The van der Waals surface area contributed by atoms with Gasteiger partial charge in [-0.05, 0) is 76.4 Å². The van der Waals surface area contributed by atoms with Crippen LogP contribution < -0.4 is 19.6 Å². The highest BCUT2D eigenvalue weighted by atomic mass is 35.5. The van der Waals surface area contributed by atoms with Gasteiger partial charge in [-0.15, -0.1) is 0 Å². The van der Waals surface area contributed by atoms with Crippen molar-refractivity contribution in [3.63, 3.8) is 0 Å². The Bertz CT molecular complexity index is 1230. The number of amides is 1. The van der Waals surface area contributed by atoms with E-state index in [4.69, 9.17) is 25.8 Å². The van der Waals surface area contributed by atoms with Gasteiger partial charge in [-0.2, -0.15) is 5.10 Å². The maximum absolute atomic E-state index is 12.2. The SMILES string of the molecule is COc1cc(/C=N/NC(=O)COc2ccc(C(C)(C)CC(C)(C)C)cc2)ccc1OCc1ccc(Cl)cc1. The summed E-state index contributed by atoms with van der Waals surface area (Å²) in [7, 11) is 1.57. The third kappa shape index (κ3) is 9.10. The van der Waals surface area contributed by atoms with Gasteiger partial charge >= 0.3 is 0 Å². The van der Waals surface area contributed by atoms with Crippen LogP contribution in [0.4, 0.5) is 0 Å². The van der Waals surface area contributed by atoms with E-state index >= 15 is 0 Å². The summed E-state index contributed by atoms with van der Waals surface area (Å²) in [5, 5.41) is 4.71. The third-order valence-corrected chi connectivity index (χ3v) is 6.13.